The number of benzene rings is 2. The molecule has 4 aromatic rings. The maximum atomic E-state index is 13.1. The third-order valence-corrected chi connectivity index (χ3v) is 6.06. The number of hydrogen-bond donors (Lipinski definition) is 1. The minimum atomic E-state index is -0.418. The third kappa shape index (κ3) is 5.05. The highest BCUT2D eigenvalue weighted by Crippen LogP contribution is 2.17. The van der Waals surface area contributed by atoms with E-state index in [2.05, 4.69) is 26.2 Å². The molecule has 1 N–H and O–H groups in total. The van der Waals surface area contributed by atoms with Gasteiger partial charge in [0, 0.05) is 33.5 Å². The second-order valence-corrected chi connectivity index (χ2v) is 8.85. The summed E-state index contributed by atoms with van der Waals surface area (Å²) in [4.78, 5) is 43.4. The first-order chi connectivity index (χ1) is 15.8. The first-order valence-corrected chi connectivity index (χ1v) is 11.3. The van der Waals surface area contributed by atoms with Crippen molar-refractivity contribution in [2.75, 3.05) is 0 Å². The van der Waals surface area contributed by atoms with Crippen LogP contribution >= 0.6 is 27.5 Å². The summed E-state index contributed by atoms with van der Waals surface area (Å²) in [7, 11) is 0. The molecule has 2 heterocycles. The number of amides is 1. The van der Waals surface area contributed by atoms with Crippen molar-refractivity contribution in [3.05, 3.63) is 109 Å². The molecular weight excluding hydrogens is 506 g/mol. The van der Waals surface area contributed by atoms with Crippen LogP contribution in [-0.2, 0) is 17.9 Å². The molecular formula is C25H19BrClN3O3. The van der Waals surface area contributed by atoms with Gasteiger partial charge in [-0.1, -0.05) is 45.7 Å². The average Bonchev–Trinajstić information content (AvgIpc) is 2.80. The monoisotopic (exact) mass is 523 g/mol. The lowest BCUT2D eigenvalue weighted by Gasteiger charge is -2.13. The summed E-state index contributed by atoms with van der Waals surface area (Å²) in [6.45, 7) is 1.94. The van der Waals surface area contributed by atoms with Gasteiger partial charge in [0.2, 0.25) is 11.3 Å². The van der Waals surface area contributed by atoms with Crippen LogP contribution in [0.5, 0.6) is 0 Å². The van der Waals surface area contributed by atoms with Gasteiger partial charge in [0.15, 0.2) is 5.78 Å². The predicted molar refractivity (Wildman–Crippen MR) is 132 cm³/mol. The number of ketones is 1. The van der Waals surface area contributed by atoms with E-state index < -0.39 is 11.2 Å². The summed E-state index contributed by atoms with van der Waals surface area (Å²) in [6, 6.07) is 17.3. The Balaban J connectivity index is 1.69. The lowest BCUT2D eigenvalue weighted by Crippen LogP contribution is -2.29. The van der Waals surface area contributed by atoms with Crippen LogP contribution in [0.3, 0.4) is 0 Å². The molecule has 0 spiro atoms. The molecule has 0 saturated heterocycles. The molecule has 33 heavy (non-hydrogen) atoms. The van der Waals surface area contributed by atoms with Gasteiger partial charge < -0.3 is 9.88 Å². The van der Waals surface area contributed by atoms with Gasteiger partial charge in [0.25, 0.3) is 0 Å². The Bertz CT molecular complexity index is 1430. The van der Waals surface area contributed by atoms with Crippen molar-refractivity contribution in [1.82, 2.24) is 14.9 Å². The molecule has 0 aliphatic heterocycles. The molecule has 8 heteroatoms. The van der Waals surface area contributed by atoms with Crippen molar-refractivity contribution < 1.29 is 9.59 Å². The van der Waals surface area contributed by atoms with Crippen LogP contribution in [0, 0.1) is 6.92 Å². The Morgan fingerprint density at radius 1 is 1.06 bits per heavy atom. The fraction of sp³-hybridized carbons (Fsp3) is 0.120. The largest absolute Gasteiger partial charge is 0.350 e. The zero-order valence-corrected chi connectivity index (χ0v) is 20.0. The molecule has 2 aromatic heterocycles. The topological polar surface area (TPSA) is 81.1 Å². The first kappa shape index (κ1) is 22.9. The lowest BCUT2D eigenvalue weighted by atomic mass is 10.0. The number of pyridine rings is 2. The second kappa shape index (κ2) is 9.68. The fourth-order valence-corrected chi connectivity index (χ4v) is 3.91. The highest BCUT2D eigenvalue weighted by atomic mass is 79.9. The quantitative estimate of drug-likeness (QED) is 0.372. The van der Waals surface area contributed by atoms with Crippen molar-refractivity contribution >= 4 is 50.3 Å². The van der Waals surface area contributed by atoms with Gasteiger partial charge in [-0.25, -0.2) is 4.98 Å². The molecule has 0 bridgehead atoms. The molecule has 0 saturated carbocycles. The Morgan fingerprint density at radius 2 is 1.79 bits per heavy atom. The van der Waals surface area contributed by atoms with E-state index >= 15 is 0 Å². The van der Waals surface area contributed by atoms with Crippen molar-refractivity contribution in [3.63, 3.8) is 0 Å². The van der Waals surface area contributed by atoms with E-state index in [-0.39, 0.29) is 29.9 Å². The number of aryl methyl sites for hydroxylation is 1. The minimum Gasteiger partial charge on any atom is -0.350 e. The van der Waals surface area contributed by atoms with Crippen molar-refractivity contribution in [2.24, 2.45) is 0 Å². The van der Waals surface area contributed by atoms with Gasteiger partial charge in [-0.3, -0.25) is 14.4 Å². The summed E-state index contributed by atoms with van der Waals surface area (Å²) in [5.74, 6) is -0.717. The molecule has 0 aliphatic carbocycles. The summed E-state index contributed by atoms with van der Waals surface area (Å²) in [6.07, 6.45) is 1.41. The highest BCUT2D eigenvalue weighted by molar-refractivity contribution is 9.10. The molecule has 6 nitrogen and oxygen atoms in total. The molecule has 0 atom stereocenters. The number of nitrogens with zero attached hydrogens (tertiary/aromatic N) is 2. The number of carbonyl (C=O) groups is 2. The van der Waals surface area contributed by atoms with Crippen molar-refractivity contribution in [1.29, 1.82) is 0 Å². The highest BCUT2D eigenvalue weighted by Gasteiger charge is 2.19. The summed E-state index contributed by atoms with van der Waals surface area (Å²) in [5, 5.41) is 3.67. The molecule has 2 aromatic carbocycles. The van der Waals surface area contributed by atoms with Crippen LogP contribution in [-0.4, -0.2) is 21.2 Å². The van der Waals surface area contributed by atoms with Gasteiger partial charge in [0.1, 0.15) is 12.2 Å². The Labute approximate surface area is 203 Å². The van der Waals surface area contributed by atoms with Crippen LogP contribution in [0.4, 0.5) is 0 Å². The minimum absolute atomic E-state index is 0.0191. The van der Waals surface area contributed by atoms with Gasteiger partial charge in [-0.05, 0) is 55.0 Å². The van der Waals surface area contributed by atoms with E-state index in [4.69, 9.17) is 11.6 Å². The maximum absolute atomic E-state index is 13.1. The fourth-order valence-electron chi connectivity index (χ4n) is 3.45. The van der Waals surface area contributed by atoms with E-state index in [0.717, 1.165) is 10.0 Å². The number of carbonyl (C=O) groups excluding carboxylic acids is 2. The molecule has 166 valence electrons. The average molecular weight is 525 g/mol. The predicted octanol–water partition coefficient (Wildman–Crippen LogP) is 4.67. The van der Waals surface area contributed by atoms with E-state index in [1.165, 1.54) is 10.8 Å². The summed E-state index contributed by atoms with van der Waals surface area (Å²) >= 11 is 9.50. The van der Waals surface area contributed by atoms with E-state index in [0.29, 0.717) is 21.9 Å². The van der Waals surface area contributed by atoms with E-state index in [9.17, 15) is 14.4 Å². The standard InChI is InChI=1S/C25H19BrClN3O3/c1-15-6-11-19-24(33)20(23(32)16-7-9-18(26)10-8-16)13-30(25(19)29-15)14-22(31)28-12-17-4-2-3-5-21(17)27/h2-11,13H,12,14H2,1H3,(H,28,31). The number of fused-ring (bicyclic) bond motifs is 1. The number of aromatic nitrogens is 2. The number of rotatable bonds is 6. The van der Waals surface area contributed by atoms with Crippen LogP contribution in [0.25, 0.3) is 11.0 Å². The second-order valence-electron chi connectivity index (χ2n) is 7.53. The molecule has 0 fully saturated rings. The molecule has 1 amide bonds. The maximum Gasteiger partial charge on any atom is 0.240 e. The molecule has 0 unspecified atom stereocenters. The van der Waals surface area contributed by atoms with Gasteiger partial charge in [-0.2, -0.15) is 0 Å². The smallest absolute Gasteiger partial charge is 0.240 e. The summed E-state index contributed by atoms with van der Waals surface area (Å²) < 4.78 is 2.36. The molecule has 0 radical (unpaired) electrons. The normalized spacial score (nSPS) is 10.9. The first-order valence-electron chi connectivity index (χ1n) is 10.1. The van der Waals surface area contributed by atoms with Gasteiger partial charge >= 0.3 is 0 Å². The molecule has 0 aliphatic rings. The van der Waals surface area contributed by atoms with Crippen molar-refractivity contribution in [2.45, 2.75) is 20.0 Å². The Morgan fingerprint density at radius 3 is 2.52 bits per heavy atom. The van der Waals surface area contributed by atoms with Gasteiger partial charge in [0.05, 0.1) is 10.9 Å². The zero-order chi connectivity index (χ0) is 23.5. The number of nitrogens with one attached hydrogen (secondary N) is 1. The van der Waals surface area contributed by atoms with Crippen LogP contribution < -0.4 is 10.7 Å². The van der Waals surface area contributed by atoms with Gasteiger partial charge in [-0.15, -0.1) is 0 Å². The Kier molecular flexibility index (Phi) is 6.72. The number of halogens is 2. The zero-order valence-electron chi connectivity index (χ0n) is 17.6. The van der Waals surface area contributed by atoms with E-state index in [1.807, 2.05) is 18.2 Å². The van der Waals surface area contributed by atoms with Crippen molar-refractivity contribution in [3.8, 4) is 0 Å². The number of hydrogen-bond acceptors (Lipinski definition) is 4. The third-order valence-electron chi connectivity index (χ3n) is 5.16. The van der Waals surface area contributed by atoms with Crippen LogP contribution in [0.2, 0.25) is 5.02 Å². The Hall–Kier alpha value is -3.29. The lowest BCUT2D eigenvalue weighted by molar-refractivity contribution is -0.121. The SMILES string of the molecule is Cc1ccc2c(=O)c(C(=O)c3ccc(Br)cc3)cn(CC(=O)NCc3ccccc3Cl)c2n1. The summed E-state index contributed by atoms with van der Waals surface area (Å²) in [5.41, 5.74) is 1.77. The van der Waals surface area contributed by atoms with Crippen LogP contribution in [0.1, 0.15) is 27.2 Å². The molecule has 4 rings (SSSR count). The van der Waals surface area contributed by atoms with Crippen LogP contribution in [0.15, 0.2) is 76.1 Å². The van der Waals surface area contributed by atoms with E-state index in [1.54, 1.807) is 49.4 Å².